The first-order chi connectivity index (χ1) is 8.83. The Morgan fingerprint density at radius 3 is 2.61 bits per heavy atom. The third-order valence-electron chi connectivity index (χ3n) is 2.80. The molecule has 0 amide bonds. The number of benzene rings is 2. The predicted octanol–water partition coefficient (Wildman–Crippen LogP) is 4.63. The molecule has 3 heteroatoms. The van der Waals surface area contributed by atoms with Gasteiger partial charge in [-0.1, -0.05) is 29.8 Å². The number of nitrogens with one attached hydrogen (secondary N) is 1. The maximum absolute atomic E-state index is 6.06. The summed E-state index contributed by atoms with van der Waals surface area (Å²) in [6, 6.07) is 15.9. The van der Waals surface area contributed by atoms with Crippen molar-refractivity contribution in [3.05, 3.63) is 65.9 Å². The van der Waals surface area contributed by atoms with Crippen molar-refractivity contribution in [3.8, 4) is 0 Å². The van der Waals surface area contributed by atoms with Crippen LogP contribution in [0.1, 0.15) is 0 Å². The van der Waals surface area contributed by atoms with E-state index in [1.54, 1.807) is 12.4 Å². The summed E-state index contributed by atoms with van der Waals surface area (Å²) in [5, 5.41) is 6.40. The van der Waals surface area contributed by atoms with Gasteiger partial charge in [0.1, 0.15) is 0 Å². The molecule has 18 heavy (non-hydrogen) atoms. The van der Waals surface area contributed by atoms with Crippen LogP contribution in [0.15, 0.2) is 60.9 Å². The number of hydrogen-bond donors (Lipinski definition) is 1. The first-order valence-electron chi connectivity index (χ1n) is 5.68. The molecule has 2 aromatic carbocycles. The molecule has 0 atom stereocenters. The summed E-state index contributed by atoms with van der Waals surface area (Å²) in [5.41, 5.74) is 2.05. The van der Waals surface area contributed by atoms with Gasteiger partial charge < -0.3 is 5.32 Å². The first kappa shape index (κ1) is 11.1. The van der Waals surface area contributed by atoms with Crippen LogP contribution in [0.5, 0.6) is 0 Å². The van der Waals surface area contributed by atoms with E-state index in [0.717, 1.165) is 21.8 Å². The summed E-state index contributed by atoms with van der Waals surface area (Å²) < 4.78 is 0. The van der Waals surface area contributed by atoms with Crippen LogP contribution in [0.4, 0.5) is 11.4 Å². The van der Waals surface area contributed by atoms with Crippen LogP contribution < -0.4 is 5.32 Å². The van der Waals surface area contributed by atoms with Gasteiger partial charge in [-0.2, -0.15) is 0 Å². The van der Waals surface area contributed by atoms with Gasteiger partial charge in [0.2, 0.25) is 0 Å². The van der Waals surface area contributed by atoms with E-state index in [0.29, 0.717) is 0 Å². The molecule has 0 saturated carbocycles. The molecule has 1 aromatic heterocycles. The number of pyridine rings is 1. The van der Waals surface area contributed by atoms with E-state index in [9.17, 15) is 0 Å². The molecule has 0 aliphatic heterocycles. The van der Waals surface area contributed by atoms with Crippen molar-refractivity contribution in [2.24, 2.45) is 0 Å². The number of halogens is 1. The Hall–Kier alpha value is -2.06. The number of nitrogens with zero attached hydrogens (tertiary/aromatic N) is 1. The van der Waals surface area contributed by atoms with Crippen molar-refractivity contribution in [2.45, 2.75) is 0 Å². The van der Waals surface area contributed by atoms with E-state index in [-0.39, 0.29) is 0 Å². The van der Waals surface area contributed by atoms with Gasteiger partial charge in [0, 0.05) is 34.2 Å². The van der Waals surface area contributed by atoms with E-state index < -0.39 is 0 Å². The van der Waals surface area contributed by atoms with Crippen molar-refractivity contribution in [1.29, 1.82) is 0 Å². The Bertz CT molecular complexity index is 680. The minimum Gasteiger partial charge on any atom is -0.355 e. The van der Waals surface area contributed by atoms with Crippen LogP contribution in [-0.4, -0.2) is 4.98 Å². The van der Waals surface area contributed by atoms with Gasteiger partial charge in [-0.25, -0.2) is 0 Å². The fourth-order valence-corrected chi connectivity index (χ4v) is 2.12. The van der Waals surface area contributed by atoms with E-state index in [1.807, 2.05) is 42.5 Å². The van der Waals surface area contributed by atoms with E-state index in [1.165, 1.54) is 5.39 Å². The van der Waals surface area contributed by atoms with Crippen molar-refractivity contribution >= 4 is 33.7 Å². The molecule has 0 radical (unpaired) electrons. The van der Waals surface area contributed by atoms with Gasteiger partial charge in [-0.3, -0.25) is 4.98 Å². The molecule has 2 nitrogen and oxygen atoms in total. The average Bonchev–Trinajstić information content (AvgIpc) is 2.41. The highest BCUT2D eigenvalue weighted by atomic mass is 35.5. The number of hydrogen-bond acceptors (Lipinski definition) is 2. The second-order valence-corrected chi connectivity index (χ2v) is 4.47. The monoisotopic (exact) mass is 254 g/mol. The number of aromatic nitrogens is 1. The molecule has 3 rings (SSSR count). The van der Waals surface area contributed by atoms with Crippen LogP contribution in [0.3, 0.4) is 0 Å². The van der Waals surface area contributed by atoms with Crippen molar-refractivity contribution in [3.63, 3.8) is 0 Å². The van der Waals surface area contributed by atoms with E-state index in [2.05, 4.69) is 16.4 Å². The second kappa shape index (κ2) is 4.67. The summed E-state index contributed by atoms with van der Waals surface area (Å²) in [7, 11) is 0. The van der Waals surface area contributed by atoms with Gasteiger partial charge in [-0.05, 0) is 35.7 Å². The highest BCUT2D eigenvalue weighted by molar-refractivity contribution is 6.31. The molecular formula is C15H11ClN2. The van der Waals surface area contributed by atoms with Crippen LogP contribution >= 0.6 is 11.6 Å². The number of fused-ring (bicyclic) bond motifs is 1. The zero-order valence-corrected chi connectivity index (χ0v) is 10.4. The van der Waals surface area contributed by atoms with E-state index >= 15 is 0 Å². The van der Waals surface area contributed by atoms with Crippen molar-refractivity contribution < 1.29 is 0 Å². The summed E-state index contributed by atoms with van der Waals surface area (Å²) in [4.78, 5) is 4.00. The van der Waals surface area contributed by atoms with Gasteiger partial charge >= 0.3 is 0 Å². The predicted molar refractivity (Wildman–Crippen MR) is 76.5 cm³/mol. The standard InChI is InChI=1S/C15H11ClN2/c16-12-5-4-11-2-1-3-15(14(11)10-12)18-13-6-8-17-9-7-13/h1-10H,(H,17,18). The Labute approximate surface area is 110 Å². The lowest BCUT2D eigenvalue weighted by Crippen LogP contribution is -1.91. The molecular weight excluding hydrogens is 244 g/mol. The molecule has 3 aromatic rings. The number of anilines is 2. The molecule has 88 valence electrons. The van der Waals surface area contributed by atoms with Gasteiger partial charge in [0.25, 0.3) is 0 Å². The minimum atomic E-state index is 0.742. The Morgan fingerprint density at radius 2 is 1.78 bits per heavy atom. The normalized spacial score (nSPS) is 10.5. The maximum Gasteiger partial charge on any atom is 0.0464 e. The van der Waals surface area contributed by atoms with Crippen molar-refractivity contribution in [2.75, 3.05) is 5.32 Å². The first-order valence-corrected chi connectivity index (χ1v) is 6.06. The highest BCUT2D eigenvalue weighted by Crippen LogP contribution is 2.28. The molecule has 0 fully saturated rings. The summed E-state index contributed by atoms with van der Waals surface area (Å²) in [6.45, 7) is 0. The van der Waals surface area contributed by atoms with Gasteiger partial charge in [0.15, 0.2) is 0 Å². The third kappa shape index (κ3) is 2.15. The summed E-state index contributed by atoms with van der Waals surface area (Å²) in [6.07, 6.45) is 3.53. The Morgan fingerprint density at radius 1 is 0.944 bits per heavy atom. The van der Waals surface area contributed by atoms with Crippen LogP contribution in [0.2, 0.25) is 5.02 Å². The van der Waals surface area contributed by atoms with Gasteiger partial charge in [0.05, 0.1) is 0 Å². The lowest BCUT2D eigenvalue weighted by Gasteiger charge is -2.09. The molecule has 0 aliphatic carbocycles. The topological polar surface area (TPSA) is 24.9 Å². The summed E-state index contributed by atoms with van der Waals surface area (Å²) in [5.74, 6) is 0. The SMILES string of the molecule is Clc1ccc2cccc(Nc3ccncc3)c2c1. The summed E-state index contributed by atoms with van der Waals surface area (Å²) >= 11 is 6.06. The number of rotatable bonds is 2. The van der Waals surface area contributed by atoms with Crippen LogP contribution in [0, 0.1) is 0 Å². The molecule has 0 spiro atoms. The maximum atomic E-state index is 6.06. The van der Waals surface area contributed by atoms with Crippen LogP contribution in [0.25, 0.3) is 10.8 Å². The molecule has 0 unspecified atom stereocenters. The smallest absolute Gasteiger partial charge is 0.0464 e. The van der Waals surface area contributed by atoms with Gasteiger partial charge in [-0.15, -0.1) is 0 Å². The highest BCUT2D eigenvalue weighted by Gasteiger charge is 2.01. The lowest BCUT2D eigenvalue weighted by atomic mass is 10.1. The molecule has 1 N–H and O–H groups in total. The minimum absolute atomic E-state index is 0.742. The lowest BCUT2D eigenvalue weighted by molar-refractivity contribution is 1.33. The fraction of sp³-hybridized carbons (Fsp3) is 0. The Balaban J connectivity index is 2.09. The van der Waals surface area contributed by atoms with Crippen molar-refractivity contribution in [1.82, 2.24) is 4.98 Å². The van der Waals surface area contributed by atoms with Crippen LogP contribution in [-0.2, 0) is 0 Å². The molecule has 0 aliphatic rings. The zero-order valence-electron chi connectivity index (χ0n) is 9.60. The quantitative estimate of drug-likeness (QED) is 0.721. The fourth-order valence-electron chi connectivity index (χ4n) is 1.94. The second-order valence-electron chi connectivity index (χ2n) is 4.03. The molecule has 0 saturated heterocycles. The molecule has 0 bridgehead atoms. The molecule has 1 heterocycles. The largest absolute Gasteiger partial charge is 0.355 e. The zero-order chi connectivity index (χ0) is 12.4. The van der Waals surface area contributed by atoms with E-state index in [4.69, 9.17) is 11.6 Å². The Kier molecular flexibility index (Phi) is 2.87. The third-order valence-corrected chi connectivity index (χ3v) is 3.04. The average molecular weight is 255 g/mol.